The summed E-state index contributed by atoms with van der Waals surface area (Å²) in [5.41, 5.74) is 6.21. The number of ether oxygens (including phenoxy) is 1. The lowest BCUT2D eigenvalue weighted by Crippen LogP contribution is -2.34. The van der Waals surface area contributed by atoms with Crippen molar-refractivity contribution in [2.24, 2.45) is 5.73 Å². The molecular formula is C12H21NO3. The number of aliphatic carboxylic acids is 1. The van der Waals surface area contributed by atoms with Crippen LogP contribution in [0, 0.1) is 0 Å². The lowest BCUT2D eigenvalue weighted by molar-refractivity contribution is -0.133. The lowest BCUT2D eigenvalue weighted by Gasteiger charge is -2.27. The molecule has 0 fully saturated rings. The van der Waals surface area contributed by atoms with Gasteiger partial charge in [-0.15, -0.1) is 0 Å². The number of hydrogen-bond acceptors (Lipinski definition) is 3. The molecule has 0 saturated carbocycles. The summed E-state index contributed by atoms with van der Waals surface area (Å²) in [6.45, 7) is 4.14. The van der Waals surface area contributed by atoms with Crippen LogP contribution < -0.4 is 5.73 Å². The molecule has 2 atom stereocenters. The second kappa shape index (κ2) is 6.01. The third-order valence-electron chi connectivity index (χ3n) is 2.96. The molecule has 92 valence electrons. The topological polar surface area (TPSA) is 72.5 Å². The summed E-state index contributed by atoms with van der Waals surface area (Å²) in [5, 5.41) is 8.94. The molecule has 4 heteroatoms. The molecule has 0 radical (unpaired) electrons. The average molecular weight is 227 g/mol. The first-order valence-corrected chi connectivity index (χ1v) is 5.91. The van der Waals surface area contributed by atoms with E-state index in [-0.39, 0.29) is 18.2 Å². The van der Waals surface area contributed by atoms with Crippen molar-refractivity contribution in [2.45, 2.75) is 57.8 Å². The lowest BCUT2D eigenvalue weighted by atomic mass is 9.93. The molecule has 0 bridgehead atoms. The van der Waals surface area contributed by atoms with Crippen molar-refractivity contribution in [1.82, 2.24) is 0 Å². The zero-order valence-corrected chi connectivity index (χ0v) is 9.98. The van der Waals surface area contributed by atoms with Crippen LogP contribution in [-0.4, -0.2) is 29.3 Å². The van der Waals surface area contributed by atoms with Gasteiger partial charge in [0.1, 0.15) is 0 Å². The molecule has 0 heterocycles. The van der Waals surface area contributed by atoms with Gasteiger partial charge >= 0.3 is 5.97 Å². The van der Waals surface area contributed by atoms with Crippen molar-refractivity contribution < 1.29 is 14.6 Å². The molecule has 0 spiro atoms. The monoisotopic (exact) mass is 227 g/mol. The molecule has 0 aromatic carbocycles. The van der Waals surface area contributed by atoms with E-state index in [4.69, 9.17) is 15.6 Å². The smallest absolute Gasteiger partial charge is 0.331 e. The summed E-state index contributed by atoms with van der Waals surface area (Å²) in [6.07, 6.45) is 4.81. The van der Waals surface area contributed by atoms with Crippen LogP contribution in [0.4, 0.5) is 0 Å². The largest absolute Gasteiger partial charge is 0.478 e. The van der Waals surface area contributed by atoms with Crippen LogP contribution in [0.15, 0.2) is 11.6 Å². The Labute approximate surface area is 96.5 Å². The highest BCUT2D eigenvalue weighted by Crippen LogP contribution is 2.22. The van der Waals surface area contributed by atoms with Crippen molar-refractivity contribution in [3.63, 3.8) is 0 Å². The second-order valence-electron chi connectivity index (χ2n) is 4.31. The van der Waals surface area contributed by atoms with E-state index in [2.05, 4.69) is 13.8 Å². The third kappa shape index (κ3) is 3.61. The predicted molar refractivity (Wildman–Crippen MR) is 62.2 cm³/mol. The van der Waals surface area contributed by atoms with Gasteiger partial charge in [-0.3, -0.25) is 0 Å². The number of rotatable bonds is 5. The van der Waals surface area contributed by atoms with E-state index in [1.54, 1.807) is 6.08 Å². The number of carbonyl (C=O) groups is 1. The molecule has 4 nitrogen and oxygen atoms in total. The van der Waals surface area contributed by atoms with Gasteiger partial charge in [0, 0.05) is 11.6 Å². The second-order valence-corrected chi connectivity index (χ2v) is 4.31. The molecule has 1 aliphatic rings. The zero-order chi connectivity index (χ0) is 12.1. The van der Waals surface area contributed by atoms with Gasteiger partial charge < -0.3 is 15.6 Å². The highest BCUT2D eigenvalue weighted by molar-refractivity contribution is 5.87. The van der Waals surface area contributed by atoms with Gasteiger partial charge in [-0.25, -0.2) is 4.79 Å². The summed E-state index contributed by atoms with van der Waals surface area (Å²) in [4.78, 5) is 10.9. The number of hydrogen-bond donors (Lipinski definition) is 2. The average Bonchev–Trinajstić information content (AvgIpc) is 2.25. The summed E-state index contributed by atoms with van der Waals surface area (Å²) in [7, 11) is 0. The highest BCUT2D eigenvalue weighted by atomic mass is 16.5. The van der Waals surface area contributed by atoms with E-state index in [1.165, 1.54) is 0 Å². The fourth-order valence-corrected chi connectivity index (χ4v) is 2.01. The molecule has 3 N–H and O–H groups in total. The molecule has 0 aromatic rings. The summed E-state index contributed by atoms with van der Waals surface area (Å²) >= 11 is 0. The van der Waals surface area contributed by atoms with Crippen LogP contribution in [0.3, 0.4) is 0 Å². The Morgan fingerprint density at radius 2 is 2.25 bits per heavy atom. The minimum Gasteiger partial charge on any atom is -0.478 e. The fraction of sp³-hybridized carbons (Fsp3) is 0.750. The van der Waals surface area contributed by atoms with Crippen molar-refractivity contribution >= 4 is 5.97 Å². The molecule has 1 aliphatic carbocycles. The Kier molecular flexibility index (Phi) is 4.96. The standard InChI is InChI=1S/C12H21NO3/c1-3-10(4-2)16-11-6-8(12(14)15)5-9(13)7-11/h6,9-11H,3-5,7,13H2,1-2H3,(H,14,15)/t9-,11+/m0/s1. The third-order valence-corrected chi connectivity index (χ3v) is 2.96. The Morgan fingerprint density at radius 3 is 2.75 bits per heavy atom. The first kappa shape index (κ1) is 13.2. The Bertz CT molecular complexity index is 271. The summed E-state index contributed by atoms with van der Waals surface area (Å²) in [5.74, 6) is -0.881. The predicted octanol–water partition coefficient (Wildman–Crippen LogP) is 1.69. The highest BCUT2D eigenvalue weighted by Gasteiger charge is 2.25. The van der Waals surface area contributed by atoms with Crippen molar-refractivity contribution in [3.05, 3.63) is 11.6 Å². The minimum atomic E-state index is -0.881. The number of carboxylic acids is 1. The quantitative estimate of drug-likeness (QED) is 0.749. The van der Waals surface area contributed by atoms with Crippen molar-refractivity contribution in [2.75, 3.05) is 0 Å². The number of nitrogens with two attached hydrogens (primary N) is 1. The van der Waals surface area contributed by atoms with Crippen LogP contribution in [-0.2, 0) is 9.53 Å². The maximum atomic E-state index is 10.9. The normalized spacial score (nSPS) is 25.6. The molecule has 0 aliphatic heterocycles. The van der Waals surface area contributed by atoms with Crippen LogP contribution in [0.25, 0.3) is 0 Å². The van der Waals surface area contributed by atoms with Gasteiger partial charge in [0.2, 0.25) is 0 Å². The minimum absolute atomic E-state index is 0.101. The Balaban J connectivity index is 2.65. The van der Waals surface area contributed by atoms with Crippen molar-refractivity contribution in [3.8, 4) is 0 Å². The van der Waals surface area contributed by atoms with E-state index in [0.29, 0.717) is 18.4 Å². The van der Waals surface area contributed by atoms with E-state index in [0.717, 1.165) is 12.8 Å². The van der Waals surface area contributed by atoms with Crippen LogP contribution in [0.2, 0.25) is 0 Å². The molecule has 16 heavy (non-hydrogen) atoms. The van der Waals surface area contributed by atoms with E-state index < -0.39 is 5.97 Å². The number of carboxylic acid groups (broad SMARTS) is 1. The van der Waals surface area contributed by atoms with Crippen LogP contribution >= 0.6 is 0 Å². The molecule has 0 unspecified atom stereocenters. The van der Waals surface area contributed by atoms with Gasteiger partial charge in [0.05, 0.1) is 12.2 Å². The van der Waals surface area contributed by atoms with Gasteiger partial charge in [-0.05, 0) is 31.8 Å². The molecule has 0 saturated heterocycles. The maximum absolute atomic E-state index is 10.9. The Hall–Kier alpha value is -0.870. The van der Waals surface area contributed by atoms with Crippen molar-refractivity contribution in [1.29, 1.82) is 0 Å². The zero-order valence-electron chi connectivity index (χ0n) is 9.98. The van der Waals surface area contributed by atoms with Gasteiger partial charge in [-0.1, -0.05) is 13.8 Å². The van der Waals surface area contributed by atoms with Gasteiger partial charge in [0.25, 0.3) is 0 Å². The molecule has 0 aromatic heterocycles. The fourth-order valence-electron chi connectivity index (χ4n) is 2.01. The van der Waals surface area contributed by atoms with E-state index in [1.807, 2.05) is 0 Å². The molecule has 1 rings (SSSR count). The van der Waals surface area contributed by atoms with E-state index >= 15 is 0 Å². The summed E-state index contributed by atoms with van der Waals surface area (Å²) < 4.78 is 5.82. The SMILES string of the molecule is CCC(CC)O[C@@H]1C=C(C(=O)O)C[C@H](N)C1. The Morgan fingerprint density at radius 1 is 1.62 bits per heavy atom. The van der Waals surface area contributed by atoms with Crippen LogP contribution in [0.1, 0.15) is 39.5 Å². The summed E-state index contributed by atoms with van der Waals surface area (Å²) in [6, 6.07) is -0.101. The van der Waals surface area contributed by atoms with Crippen LogP contribution in [0.5, 0.6) is 0 Å². The first-order valence-electron chi connectivity index (χ1n) is 5.91. The first-order chi connectivity index (χ1) is 7.56. The van der Waals surface area contributed by atoms with Gasteiger partial charge in [-0.2, -0.15) is 0 Å². The molecular weight excluding hydrogens is 206 g/mol. The van der Waals surface area contributed by atoms with E-state index in [9.17, 15) is 4.79 Å². The van der Waals surface area contributed by atoms with Gasteiger partial charge in [0.15, 0.2) is 0 Å². The maximum Gasteiger partial charge on any atom is 0.331 e. The molecule has 0 amide bonds.